The monoisotopic (exact) mass is 461 g/mol. The van der Waals surface area contributed by atoms with Crippen molar-refractivity contribution < 1.29 is 9.47 Å². The third-order valence-corrected chi connectivity index (χ3v) is 4.79. The largest absolute Gasteiger partial charge is 0.492 e. The Labute approximate surface area is 186 Å². The van der Waals surface area contributed by atoms with Crippen LogP contribution in [0.4, 0.5) is 5.69 Å². The molecule has 152 valence electrons. The van der Waals surface area contributed by atoms with E-state index in [9.17, 15) is 0 Å². The van der Waals surface area contributed by atoms with Crippen molar-refractivity contribution in [3.05, 3.63) is 62.6 Å². The summed E-state index contributed by atoms with van der Waals surface area (Å²) in [5, 5.41) is 4.63. The summed E-state index contributed by atoms with van der Waals surface area (Å²) in [5.41, 5.74) is 2.06. The number of nitrogens with one attached hydrogen (secondary N) is 1. The van der Waals surface area contributed by atoms with E-state index in [0.29, 0.717) is 23.1 Å². The fourth-order valence-corrected chi connectivity index (χ4v) is 3.07. The van der Waals surface area contributed by atoms with Gasteiger partial charge < -0.3 is 14.8 Å². The van der Waals surface area contributed by atoms with Crippen LogP contribution < -0.4 is 14.8 Å². The number of benzene rings is 2. The molecule has 0 bridgehead atoms. The zero-order chi connectivity index (χ0) is 20.4. The molecule has 0 aliphatic rings. The molecule has 1 N–H and O–H groups in total. The van der Waals surface area contributed by atoms with Crippen LogP contribution >= 0.6 is 46.4 Å². The highest BCUT2D eigenvalue weighted by atomic mass is 35.5. The molecule has 0 atom stereocenters. The molecule has 7 heteroatoms. The lowest BCUT2D eigenvalue weighted by molar-refractivity contribution is 0.304. The molecule has 0 saturated carbocycles. The summed E-state index contributed by atoms with van der Waals surface area (Å²) in [6, 6.07) is 11.3. The molecule has 0 radical (unpaired) electrons. The van der Waals surface area contributed by atoms with E-state index in [1.54, 1.807) is 12.1 Å². The first kappa shape index (κ1) is 23.0. The van der Waals surface area contributed by atoms with Gasteiger partial charge in [0.05, 0.1) is 11.6 Å². The number of anilines is 1. The molecule has 0 aromatic heterocycles. The number of halogens is 4. The van der Waals surface area contributed by atoms with Crippen LogP contribution in [0.2, 0.25) is 10.0 Å². The van der Waals surface area contributed by atoms with E-state index in [1.807, 2.05) is 37.3 Å². The normalized spacial score (nSPS) is 10.5. The van der Waals surface area contributed by atoms with Gasteiger partial charge in [0.1, 0.15) is 22.6 Å². The molecule has 3 nitrogen and oxygen atoms in total. The Balaban J connectivity index is 1.79. The van der Waals surface area contributed by atoms with Crippen LogP contribution in [0.5, 0.6) is 11.5 Å². The summed E-state index contributed by atoms with van der Waals surface area (Å²) in [4.78, 5) is 0. The zero-order valence-electron chi connectivity index (χ0n) is 15.6. The molecular weight excluding hydrogens is 440 g/mol. The first-order valence-electron chi connectivity index (χ1n) is 9.08. The molecule has 0 heterocycles. The zero-order valence-corrected chi connectivity index (χ0v) is 18.6. The Morgan fingerprint density at radius 1 is 1.04 bits per heavy atom. The van der Waals surface area contributed by atoms with Gasteiger partial charge in [-0.2, -0.15) is 0 Å². The van der Waals surface area contributed by atoms with E-state index in [0.717, 1.165) is 42.1 Å². The molecule has 0 saturated heterocycles. The third kappa shape index (κ3) is 8.00. The smallest absolute Gasteiger partial charge is 0.141 e. The van der Waals surface area contributed by atoms with Crippen LogP contribution in [0.3, 0.4) is 0 Å². The summed E-state index contributed by atoms with van der Waals surface area (Å²) >= 11 is 23.4. The molecule has 0 aliphatic heterocycles. The summed E-state index contributed by atoms with van der Waals surface area (Å²) in [7, 11) is 0. The minimum absolute atomic E-state index is 0.173. The van der Waals surface area contributed by atoms with Crippen LogP contribution in [0, 0.1) is 0 Å². The maximum Gasteiger partial charge on any atom is 0.141 e. The highest BCUT2D eigenvalue weighted by molar-refractivity contribution is 6.55. The second-order valence-electron chi connectivity index (χ2n) is 6.04. The van der Waals surface area contributed by atoms with Crippen LogP contribution in [0.15, 0.2) is 47.0 Å². The van der Waals surface area contributed by atoms with Crippen molar-refractivity contribution in [3.8, 4) is 11.5 Å². The molecule has 28 heavy (non-hydrogen) atoms. The van der Waals surface area contributed by atoms with Crippen molar-refractivity contribution in [2.75, 3.05) is 25.1 Å². The minimum Gasteiger partial charge on any atom is -0.492 e. The molecule has 0 amide bonds. The van der Waals surface area contributed by atoms with Gasteiger partial charge in [-0.25, -0.2) is 0 Å². The van der Waals surface area contributed by atoms with Gasteiger partial charge in [-0.15, -0.1) is 0 Å². The molecule has 2 aromatic carbocycles. The molecule has 0 fully saturated rings. The molecule has 2 aromatic rings. The van der Waals surface area contributed by atoms with Crippen LogP contribution in [-0.4, -0.2) is 19.8 Å². The van der Waals surface area contributed by atoms with Crippen molar-refractivity contribution in [2.24, 2.45) is 0 Å². The fraction of sp³-hybridized carbons (Fsp3) is 0.333. The second-order valence-corrected chi connectivity index (χ2v) is 7.89. The van der Waals surface area contributed by atoms with E-state index in [2.05, 4.69) is 5.32 Å². The SMILES string of the molecule is CCc1cc(OCC=C(Cl)Cl)cc(Cl)c1OCCCCNc1ccc(Cl)cc1. The Morgan fingerprint density at radius 3 is 2.46 bits per heavy atom. The van der Waals surface area contributed by atoms with Gasteiger partial charge in [0, 0.05) is 23.3 Å². The highest BCUT2D eigenvalue weighted by Gasteiger charge is 2.11. The van der Waals surface area contributed by atoms with E-state index >= 15 is 0 Å². The molecule has 0 aliphatic carbocycles. The summed E-state index contributed by atoms with van der Waals surface area (Å²) in [5.74, 6) is 1.38. The van der Waals surface area contributed by atoms with Gasteiger partial charge in [0.15, 0.2) is 0 Å². The van der Waals surface area contributed by atoms with Gasteiger partial charge in [-0.1, -0.05) is 53.3 Å². The third-order valence-electron chi connectivity index (χ3n) is 3.95. The van der Waals surface area contributed by atoms with Crippen molar-refractivity contribution >= 4 is 52.1 Å². The fourth-order valence-electron chi connectivity index (χ4n) is 2.53. The van der Waals surface area contributed by atoms with Crippen LogP contribution in [0.1, 0.15) is 25.3 Å². The highest BCUT2D eigenvalue weighted by Crippen LogP contribution is 2.34. The van der Waals surface area contributed by atoms with Gasteiger partial charge in [-0.3, -0.25) is 0 Å². The van der Waals surface area contributed by atoms with E-state index < -0.39 is 0 Å². The number of hydrogen-bond donors (Lipinski definition) is 1. The standard InChI is InChI=1S/C21H23Cl4NO2/c1-2-15-13-18(27-12-9-20(24)25)14-19(23)21(15)28-11-4-3-10-26-17-7-5-16(22)6-8-17/h5-9,13-14,26H,2-4,10-12H2,1H3. The number of hydrogen-bond acceptors (Lipinski definition) is 3. The summed E-state index contributed by atoms with van der Waals surface area (Å²) in [6.07, 6.45) is 4.26. The Hall–Kier alpha value is -1.26. The van der Waals surface area contributed by atoms with Gasteiger partial charge in [-0.05, 0) is 61.2 Å². The summed E-state index contributed by atoms with van der Waals surface area (Å²) in [6.45, 7) is 3.79. The average Bonchev–Trinajstić information content (AvgIpc) is 2.66. The van der Waals surface area contributed by atoms with Gasteiger partial charge in [0.2, 0.25) is 0 Å². The quantitative estimate of drug-likeness (QED) is 0.350. The topological polar surface area (TPSA) is 30.5 Å². The van der Waals surface area contributed by atoms with Crippen molar-refractivity contribution in [1.29, 1.82) is 0 Å². The maximum atomic E-state index is 6.39. The van der Waals surface area contributed by atoms with Crippen molar-refractivity contribution in [3.63, 3.8) is 0 Å². The lowest BCUT2D eigenvalue weighted by atomic mass is 10.1. The predicted octanol–water partition coefficient (Wildman–Crippen LogP) is 7.52. The lowest BCUT2D eigenvalue weighted by Crippen LogP contribution is -2.06. The Bertz CT molecular complexity index is 775. The lowest BCUT2D eigenvalue weighted by Gasteiger charge is -2.15. The van der Waals surface area contributed by atoms with E-state index in [1.165, 1.54) is 0 Å². The average molecular weight is 463 g/mol. The molecule has 2 rings (SSSR count). The number of aryl methyl sites for hydroxylation is 1. The van der Waals surface area contributed by atoms with Crippen molar-refractivity contribution in [2.45, 2.75) is 26.2 Å². The van der Waals surface area contributed by atoms with Crippen molar-refractivity contribution in [1.82, 2.24) is 0 Å². The van der Waals surface area contributed by atoms with E-state index in [4.69, 9.17) is 55.9 Å². The Kier molecular flexibility index (Phi) is 10.1. The van der Waals surface area contributed by atoms with E-state index in [-0.39, 0.29) is 11.1 Å². The maximum absolute atomic E-state index is 6.39. The minimum atomic E-state index is 0.173. The van der Waals surface area contributed by atoms with Gasteiger partial charge >= 0.3 is 0 Å². The van der Waals surface area contributed by atoms with Gasteiger partial charge in [0.25, 0.3) is 0 Å². The van der Waals surface area contributed by atoms with Crippen LogP contribution in [-0.2, 0) is 6.42 Å². The molecule has 0 spiro atoms. The molecular formula is C21H23Cl4NO2. The first-order valence-corrected chi connectivity index (χ1v) is 10.6. The first-order chi connectivity index (χ1) is 13.5. The summed E-state index contributed by atoms with van der Waals surface area (Å²) < 4.78 is 11.7. The number of rotatable bonds is 11. The van der Waals surface area contributed by atoms with Crippen LogP contribution in [0.25, 0.3) is 0 Å². The number of ether oxygens (including phenoxy) is 2. The second kappa shape index (κ2) is 12.3. The number of unbranched alkanes of at least 4 members (excludes halogenated alkanes) is 1. The predicted molar refractivity (Wildman–Crippen MR) is 121 cm³/mol. The molecule has 0 unspecified atom stereocenters. The Morgan fingerprint density at radius 2 is 1.79 bits per heavy atom.